The molecule has 2 aliphatic rings. The number of carbonyl (C=O) groups excluding carboxylic acids is 2. The average Bonchev–Trinajstić information content (AvgIpc) is 2.41. The van der Waals surface area contributed by atoms with Crippen molar-refractivity contribution in [3.8, 4) is 0 Å². The SMILES string of the molecule is COC(=O)C1([C@@H]2CC(=O)C=CC2C)CCCCC1. The monoisotopic (exact) mass is 250 g/mol. The van der Waals surface area contributed by atoms with E-state index in [0.717, 1.165) is 25.7 Å². The van der Waals surface area contributed by atoms with Crippen molar-refractivity contribution in [2.45, 2.75) is 45.4 Å². The Hall–Kier alpha value is -1.12. The van der Waals surface area contributed by atoms with Crippen LogP contribution in [0.25, 0.3) is 0 Å². The first-order valence-electron chi connectivity index (χ1n) is 6.89. The maximum atomic E-state index is 12.3. The smallest absolute Gasteiger partial charge is 0.312 e. The van der Waals surface area contributed by atoms with E-state index in [9.17, 15) is 9.59 Å². The molecule has 0 aromatic heterocycles. The molecule has 0 bridgehead atoms. The number of ketones is 1. The molecule has 0 aromatic rings. The quantitative estimate of drug-likeness (QED) is 0.708. The predicted octanol–water partition coefficient (Wildman–Crippen LogP) is 2.89. The Bertz CT molecular complexity index is 364. The molecular formula is C15H22O3. The van der Waals surface area contributed by atoms with E-state index >= 15 is 0 Å². The van der Waals surface area contributed by atoms with Gasteiger partial charge in [-0.15, -0.1) is 0 Å². The molecule has 1 fully saturated rings. The molecule has 100 valence electrons. The van der Waals surface area contributed by atoms with Crippen LogP contribution >= 0.6 is 0 Å². The summed E-state index contributed by atoms with van der Waals surface area (Å²) in [6, 6.07) is 0. The molecule has 2 rings (SSSR count). The molecule has 0 aliphatic heterocycles. The van der Waals surface area contributed by atoms with Crippen LogP contribution < -0.4 is 0 Å². The van der Waals surface area contributed by atoms with Gasteiger partial charge in [-0.05, 0) is 30.8 Å². The maximum absolute atomic E-state index is 12.3. The number of hydrogen-bond acceptors (Lipinski definition) is 3. The van der Waals surface area contributed by atoms with Crippen molar-refractivity contribution in [1.29, 1.82) is 0 Å². The normalized spacial score (nSPS) is 31.1. The fraction of sp³-hybridized carbons (Fsp3) is 0.733. The molecule has 1 saturated carbocycles. The Morgan fingerprint density at radius 1 is 1.33 bits per heavy atom. The minimum atomic E-state index is -0.424. The van der Waals surface area contributed by atoms with Crippen molar-refractivity contribution >= 4 is 11.8 Å². The van der Waals surface area contributed by atoms with Crippen LogP contribution in [0.5, 0.6) is 0 Å². The minimum absolute atomic E-state index is 0.109. The molecule has 3 nitrogen and oxygen atoms in total. The second-order valence-corrected chi connectivity index (χ2v) is 5.70. The van der Waals surface area contributed by atoms with Gasteiger partial charge >= 0.3 is 5.97 Å². The highest BCUT2D eigenvalue weighted by Crippen LogP contribution is 2.49. The van der Waals surface area contributed by atoms with E-state index in [2.05, 4.69) is 6.92 Å². The second kappa shape index (κ2) is 5.25. The summed E-state index contributed by atoms with van der Waals surface area (Å²) < 4.78 is 5.06. The molecule has 0 heterocycles. The number of rotatable bonds is 2. The van der Waals surface area contributed by atoms with E-state index < -0.39 is 5.41 Å². The minimum Gasteiger partial charge on any atom is -0.469 e. The lowest BCUT2D eigenvalue weighted by Crippen LogP contribution is -2.45. The van der Waals surface area contributed by atoms with Crippen LogP contribution in [0.3, 0.4) is 0 Å². The topological polar surface area (TPSA) is 43.4 Å². The lowest BCUT2D eigenvalue weighted by atomic mass is 9.59. The number of hydrogen-bond donors (Lipinski definition) is 0. The summed E-state index contributed by atoms with van der Waals surface area (Å²) in [5.74, 6) is 0.428. The van der Waals surface area contributed by atoms with Gasteiger partial charge in [0.05, 0.1) is 12.5 Å². The van der Waals surface area contributed by atoms with Gasteiger partial charge in [0.2, 0.25) is 0 Å². The van der Waals surface area contributed by atoms with Gasteiger partial charge in [-0.1, -0.05) is 32.3 Å². The predicted molar refractivity (Wildman–Crippen MR) is 69.0 cm³/mol. The van der Waals surface area contributed by atoms with Crippen LogP contribution in [0, 0.1) is 17.3 Å². The summed E-state index contributed by atoms with van der Waals surface area (Å²) in [5.41, 5.74) is -0.424. The lowest BCUT2D eigenvalue weighted by molar-refractivity contribution is -0.161. The summed E-state index contributed by atoms with van der Waals surface area (Å²) in [6.45, 7) is 2.10. The first-order valence-corrected chi connectivity index (χ1v) is 6.89. The standard InChI is InChI=1S/C15H22O3/c1-11-6-7-12(16)10-13(11)15(14(17)18-2)8-4-3-5-9-15/h6-7,11,13H,3-5,8-10H2,1-2H3/t11?,13-/m1/s1. The third-order valence-corrected chi connectivity index (χ3v) is 4.69. The van der Waals surface area contributed by atoms with Gasteiger partial charge in [0.1, 0.15) is 0 Å². The third-order valence-electron chi connectivity index (χ3n) is 4.69. The molecule has 0 spiro atoms. The molecule has 1 unspecified atom stereocenters. The fourth-order valence-electron chi connectivity index (χ4n) is 3.67. The fourth-order valence-corrected chi connectivity index (χ4v) is 3.67. The maximum Gasteiger partial charge on any atom is 0.312 e. The molecule has 0 radical (unpaired) electrons. The number of allylic oxidation sites excluding steroid dienone is 2. The van der Waals surface area contributed by atoms with Crippen molar-refractivity contribution in [1.82, 2.24) is 0 Å². The van der Waals surface area contributed by atoms with Gasteiger partial charge < -0.3 is 4.74 Å². The second-order valence-electron chi connectivity index (χ2n) is 5.70. The molecular weight excluding hydrogens is 228 g/mol. The van der Waals surface area contributed by atoms with Crippen molar-refractivity contribution < 1.29 is 14.3 Å². The zero-order valence-electron chi connectivity index (χ0n) is 11.3. The van der Waals surface area contributed by atoms with Gasteiger partial charge in [-0.2, -0.15) is 0 Å². The van der Waals surface area contributed by atoms with Crippen molar-refractivity contribution in [2.24, 2.45) is 17.3 Å². The number of esters is 1. The van der Waals surface area contributed by atoms with Gasteiger partial charge in [0.25, 0.3) is 0 Å². The highest BCUT2D eigenvalue weighted by Gasteiger charge is 2.49. The van der Waals surface area contributed by atoms with E-state index in [1.807, 2.05) is 6.08 Å². The Kier molecular flexibility index (Phi) is 3.88. The van der Waals surface area contributed by atoms with Crippen molar-refractivity contribution in [3.63, 3.8) is 0 Å². The van der Waals surface area contributed by atoms with E-state index in [-0.39, 0.29) is 23.6 Å². The molecule has 0 aromatic carbocycles. The van der Waals surface area contributed by atoms with Gasteiger partial charge in [-0.3, -0.25) is 9.59 Å². The van der Waals surface area contributed by atoms with Crippen molar-refractivity contribution in [2.75, 3.05) is 7.11 Å². The number of ether oxygens (including phenoxy) is 1. The molecule has 2 atom stereocenters. The largest absolute Gasteiger partial charge is 0.469 e. The molecule has 18 heavy (non-hydrogen) atoms. The third kappa shape index (κ3) is 2.23. The lowest BCUT2D eigenvalue weighted by Gasteiger charge is -2.43. The summed E-state index contributed by atoms with van der Waals surface area (Å²) in [5, 5.41) is 0. The van der Waals surface area contributed by atoms with Gasteiger partial charge in [-0.25, -0.2) is 0 Å². The van der Waals surface area contributed by atoms with Gasteiger partial charge in [0, 0.05) is 6.42 Å². The summed E-state index contributed by atoms with van der Waals surface area (Å²) in [6.07, 6.45) is 9.17. The van der Waals surface area contributed by atoms with Crippen LogP contribution in [-0.4, -0.2) is 18.9 Å². The van der Waals surface area contributed by atoms with Crippen LogP contribution in [0.2, 0.25) is 0 Å². The van der Waals surface area contributed by atoms with Crippen LogP contribution in [0.4, 0.5) is 0 Å². The van der Waals surface area contributed by atoms with E-state index in [0.29, 0.717) is 6.42 Å². The molecule has 2 aliphatic carbocycles. The molecule has 3 heteroatoms. The molecule has 0 saturated heterocycles. The zero-order valence-corrected chi connectivity index (χ0v) is 11.3. The number of carbonyl (C=O) groups is 2. The van der Waals surface area contributed by atoms with E-state index in [1.165, 1.54) is 13.5 Å². The molecule has 0 N–H and O–H groups in total. The van der Waals surface area contributed by atoms with Gasteiger partial charge in [0.15, 0.2) is 5.78 Å². The van der Waals surface area contributed by atoms with E-state index in [1.54, 1.807) is 6.08 Å². The highest BCUT2D eigenvalue weighted by atomic mass is 16.5. The Labute approximate surface area is 109 Å². The summed E-state index contributed by atoms with van der Waals surface area (Å²) in [7, 11) is 1.46. The first kappa shape index (κ1) is 13.3. The highest BCUT2D eigenvalue weighted by molar-refractivity contribution is 5.91. The van der Waals surface area contributed by atoms with Crippen LogP contribution in [-0.2, 0) is 14.3 Å². The summed E-state index contributed by atoms with van der Waals surface area (Å²) >= 11 is 0. The average molecular weight is 250 g/mol. The summed E-state index contributed by atoms with van der Waals surface area (Å²) in [4.78, 5) is 24.0. The van der Waals surface area contributed by atoms with Crippen molar-refractivity contribution in [3.05, 3.63) is 12.2 Å². The Morgan fingerprint density at radius 3 is 2.61 bits per heavy atom. The number of methoxy groups -OCH3 is 1. The Balaban J connectivity index is 2.31. The first-order chi connectivity index (χ1) is 8.60. The van der Waals surface area contributed by atoms with Crippen LogP contribution in [0.15, 0.2) is 12.2 Å². The zero-order chi connectivity index (χ0) is 13.2. The Morgan fingerprint density at radius 2 is 2.00 bits per heavy atom. The van der Waals surface area contributed by atoms with E-state index in [4.69, 9.17) is 4.74 Å². The van der Waals surface area contributed by atoms with Crippen LogP contribution in [0.1, 0.15) is 45.4 Å². The molecule has 0 amide bonds.